The molecule has 1 amide bonds. The van der Waals surface area contributed by atoms with Gasteiger partial charge in [0, 0.05) is 44.8 Å². The first-order chi connectivity index (χ1) is 15.6. The van der Waals surface area contributed by atoms with E-state index in [0.717, 1.165) is 36.5 Å². The summed E-state index contributed by atoms with van der Waals surface area (Å²) in [7, 11) is 1.68. The average molecular weight is 443 g/mol. The molecule has 1 unspecified atom stereocenters. The highest BCUT2D eigenvalue weighted by molar-refractivity contribution is 5.94. The van der Waals surface area contributed by atoms with Crippen molar-refractivity contribution in [2.24, 2.45) is 10.9 Å². The van der Waals surface area contributed by atoms with Gasteiger partial charge in [-0.2, -0.15) is 0 Å². The molecule has 3 N–H and O–H groups in total. The molecule has 0 bridgehead atoms. The van der Waals surface area contributed by atoms with Gasteiger partial charge in [0.2, 0.25) is 0 Å². The molecular formula is C24H31FN4O3. The maximum Gasteiger partial charge on any atom is 0.254 e. The first kappa shape index (κ1) is 23.5. The number of nitrogens with zero attached hydrogens (tertiary/aromatic N) is 1. The van der Waals surface area contributed by atoms with Gasteiger partial charge in [0.15, 0.2) is 5.96 Å². The quantitative estimate of drug-likeness (QED) is 0.316. The summed E-state index contributed by atoms with van der Waals surface area (Å²) >= 11 is 0. The van der Waals surface area contributed by atoms with Crippen LogP contribution >= 0.6 is 0 Å². The van der Waals surface area contributed by atoms with Crippen molar-refractivity contribution in [1.29, 1.82) is 0 Å². The number of nitrogens with one attached hydrogen (secondary N) is 3. The smallest absolute Gasteiger partial charge is 0.254 e. The van der Waals surface area contributed by atoms with Crippen LogP contribution in [0.15, 0.2) is 47.5 Å². The summed E-state index contributed by atoms with van der Waals surface area (Å²) in [6, 6.07) is 12.1. The van der Waals surface area contributed by atoms with Crippen LogP contribution in [0.5, 0.6) is 5.75 Å². The summed E-state index contributed by atoms with van der Waals surface area (Å²) in [5.74, 6) is 0.914. The Labute approximate surface area is 188 Å². The van der Waals surface area contributed by atoms with Gasteiger partial charge in [-0.05, 0) is 37.1 Å². The van der Waals surface area contributed by atoms with Crippen LogP contribution in [0.2, 0.25) is 0 Å². The minimum Gasteiger partial charge on any atom is -0.493 e. The summed E-state index contributed by atoms with van der Waals surface area (Å²) in [5.41, 5.74) is 2.20. The third-order valence-corrected chi connectivity index (χ3v) is 5.21. The number of hydrogen-bond acceptors (Lipinski definition) is 4. The topological polar surface area (TPSA) is 84.0 Å². The van der Waals surface area contributed by atoms with Crippen LogP contribution in [0, 0.1) is 18.7 Å². The Balaban J connectivity index is 1.44. The number of halogens is 1. The number of aryl methyl sites for hydroxylation is 1. The van der Waals surface area contributed by atoms with E-state index in [1.165, 1.54) is 12.1 Å². The van der Waals surface area contributed by atoms with Crippen LogP contribution in [-0.2, 0) is 11.3 Å². The van der Waals surface area contributed by atoms with E-state index in [-0.39, 0.29) is 5.56 Å². The molecule has 32 heavy (non-hydrogen) atoms. The van der Waals surface area contributed by atoms with Crippen molar-refractivity contribution in [3.8, 4) is 5.75 Å². The molecule has 1 heterocycles. The summed E-state index contributed by atoms with van der Waals surface area (Å²) in [6.45, 7) is 5.55. The van der Waals surface area contributed by atoms with Gasteiger partial charge in [-0.3, -0.25) is 9.79 Å². The van der Waals surface area contributed by atoms with Crippen LogP contribution in [0.3, 0.4) is 0 Å². The zero-order chi connectivity index (χ0) is 22.8. The fraction of sp³-hybridized carbons (Fsp3) is 0.417. The summed E-state index contributed by atoms with van der Waals surface area (Å²) < 4.78 is 25.2. The largest absolute Gasteiger partial charge is 0.493 e. The van der Waals surface area contributed by atoms with Crippen molar-refractivity contribution in [2.45, 2.75) is 19.9 Å². The predicted octanol–water partition coefficient (Wildman–Crippen LogP) is 2.64. The van der Waals surface area contributed by atoms with Crippen molar-refractivity contribution >= 4 is 11.9 Å². The summed E-state index contributed by atoms with van der Waals surface area (Å²) in [5, 5.41) is 9.10. The average Bonchev–Trinajstić information content (AvgIpc) is 3.32. The maximum absolute atomic E-state index is 13.7. The lowest BCUT2D eigenvalue weighted by Crippen LogP contribution is -2.41. The molecule has 1 aliphatic rings. The van der Waals surface area contributed by atoms with Crippen molar-refractivity contribution in [3.63, 3.8) is 0 Å². The Morgan fingerprint density at radius 3 is 2.75 bits per heavy atom. The van der Waals surface area contributed by atoms with Gasteiger partial charge in [0.1, 0.15) is 11.6 Å². The molecule has 1 fully saturated rings. The fourth-order valence-electron chi connectivity index (χ4n) is 3.36. The Hall–Kier alpha value is -3.13. The van der Waals surface area contributed by atoms with Gasteiger partial charge in [-0.15, -0.1) is 0 Å². The van der Waals surface area contributed by atoms with Gasteiger partial charge in [-0.25, -0.2) is 4.39 Å². The van der Waals surface area contributed by atoms with Gasteiger partial charge in [0.05, 0.1) is 18.8 Å². The highest BCUT2D eigenvalue weighted by Crippen LogP contribution is 2.22. The molecule has 3 rings (SSSR count). The number of rotatable bonds is 9. The Morgan fingerprint density at radius 1 is 1.19 bits per heavy atom. The fourth-order valence-corrected chi connectivity index (χ4v) is 3.36. The molecule has 7 nitrogen and oxygen atoms in total. The molecule has 2 aromatic carbocycles. The summed E-state index contributed by atoms with van der Waals surface area (Å²) in [4.78, 5) is 16.3. The minimum atomic E-state index is -0.535. The molecule has 172 valence electrons. The molecule has 2 aromatic rings. The molecular weight excluding hydrogens is 411 g/mol. The monoisotopic (exact) mass is 442 g/mol. The lowest BCUT2D eigenvalue weighted by atomic mass is 10.1. The number of benzene rings is 2. The van der Waals surface area contributed by atoms with E-state index in [1.54, 1.807) is 19.2 Å². The lowest BCUT2D eigenvalue weighted by Gasteiger charge is -2.17. The van der Waals surface area contributed by atoms with E-state index >= 15 is 0 Å². The number of guanidine groups is 1. The number of aliphatic imine (C=N–C) groups is 1. The number of amides is 1. The summed E-state index contributed by atoms with van der Waals surface area (Å²) in [6.07, 6.45) is 1.03. The Bertz CT molecular complexity index is 929. The van der Waals surface area contributed by atoms with E-state index in [9.17, 15) is 9.18 Å². The van der Waals surface area contributed by atoms with E-state index in [0.29, 0.717) is 38.1 Å². The number of ether oxygens (including phenoxy) is 2. The molecule has 0 spiro atoms. The Kier molecular flexibility index (Phi) is 8.86. The second-order valence-corrected chi connectivity index (χ2v) is 7.74. The molecule has 0 aliphatic carbocycles. The molecule has 0 radical (unpaired) electrons. The number of carbonyl (C=O) groups is 1. The van der Waals surface area contributed by atoms with Crippen molar-refractivity contribution in [1.82, 2.24) is 16.0 Å². The van der Waals surface area contributed by atoms with Gasteiger partial charge < -0.3 is 25.4 Å². The van der Waals surface area contributed by atoms with Gasteiger partial charge in [0.25, 0.3) is 5.91 Å². The minimum absolute atomic E-state index is 0.0334. The highest BCUT2D eigenvalue weighted by Gasteiger charge is 2.17. The second-order valence-electron chi connectivity index (χ2n) is 7.74. The first-order valence-electron chi connectivity index (χ1n) is 10.8. The van der Waals surface area contributed by atoms with Crippen LogP contribution in [0.25, 0.3) is 0 Å². The zero-order valence-electron chi connectivity index (χ0n) is 18.6. The molecule has 1 aliphatic heterocycles. The molecule has 0 saturated carbocycles. The normalized spacial score (nSPS) is 16.0. The first-order valence-corrected chi connectivity index (χ1v) is 10.8. The zero-order valence-corrected chi connectivity index (χ0v) is 18.6. The second kappa shape index (κ2) is 12.0. The van der Waals surface area contributed by atoms with Crippen LogP contribution in [-0.4, -0.2) is 51.8 Å². The number of hydrogen-bond donors (Lipinski definition) is 3. The SMILES string of the molecule is CN=C(NCCNC(=O)c1ccccc1F)NCc1ccc(C)cc1OCC1CCOC1. The maximum atomic E-state index is 13.7. The third-order valence-electron chi connectivity index (χ3n) is 5.21. The van der Waals surface area contributed by atoms with E-state index < -0.39 is 11.7 Å². The third kappa shape index (κ3) is 6.95. The van der Waals surface area contributed by atoms with Crippen LogP contribution in [0.4, 0.5) is 4.39 Å². The van der Waals surface area contributed by atoms with Gasteiger partial charge in [-0.1, -0.05) is 24.3 Å². The molecule has 1 atom stereocenters. The Morgan fingerprint density at radius 2 is 2.00 bits per heavy atom. The van der Waals surface area contributed by atoms with Crippen LogP contribution < -0.4 is 20.7 Å². The van der Waals surface area contributed by atoms with E-state index in [2.05, 4.69) is 27.0 Å². The van der Waals surface area contributed by atoms with Gasteiger partial charge >= 0.3 is 0 Å². The lowest BCUT2D eigenvalue weighted by molar-refractivity contribution is 0.0950. The molecule has 8 heteroatoms. The van der Waals surface area contributed by atoms with E-state index in [1.807, 2.05) is 19.1 Å². The van der Waals surface area contributed by atoms with Crippen molar-refractivity contribution in [2.75, 3.05) is 40.0 Å². The molecule has 1 saturated heterocycles. The highest BCUT2D eigenvalue weighted by atomic mass is 19.1. The predicted molar refractivity (Wildman–Crippen MR) is 123 cm³/mol. The number of carbonyl (C=O) groups excluding carboxylic acids is 1. The van der Waals surface area contributed by atoms with E-state index in [4.69, 9.17) is 9.47 Å². The standard InChI is InChI=1S/C24H31FN4O3/c1-17-7-8-19(22(13-17)32-16-18-9-12-31-15-18)14-29-24(26-2)28-11-10-27-23(30)20-5-3-4-6-21(20)25/h3-8,13,18H,9-12,14-16H2,1-2H3,(H,27,30)(H2,26,28,29). The van der Waals surface area contributed by atoms with Crippen LogP contribution in [0.1, 0.15) is 27.9 Å². The molecule has 0 aromatic heterocycles. The van der Waals surface area contributed by atoms with Crippen molar-refractivity contribution < 1.29 is 18.7 Å². The van der Waals surface area contributed by atoms with Crippen molar-refractivity contribution in [3.05, 3.63) is 65.0 Å².